The molecule has 1 amide bonds. The summed E-state index contributed by atoms with van der Waals surface area (Å²) >= 11 is 0. The second kappa shape index (κ2) is 6.95. The molecule has 2 rings (SSSR count). The number of rotatable bonds is 7. The second-order valence-electron chi connectivity index (χ2n) is 5.76. The molecule has 0 bridgehead atoms. The maximum Gasteiger partial charge on any atom is 0.240 e. The van der Waals surface area contributed by atoms with E-state index in [0.29, 0.717) is 23.5 Å². The van der Waals surface area contributed by atoms with Crippen molar-refractivity contribution >= 4 is 11.6 Å². The highest BCUT2D eigenvalue weighted by atomic mass is 16.1. The van der Waals surface area contributed by atoms with E-state index in [-0.39, 0.29) is 11.9 Å². The highest BCUT2D eigenvalue weighted by Crippen LogP contribution is 2.33. The van der Waals surface area contributed by atoms with Gasteiger partial charge in [-0.2, -0.15) is 10.5 Å². The molecule has 5 nitrogen and oxygen atoms in total. The zero-order chi connectivity index (χ0) is 16.1. The van der Waals surface area contributed by atoms with Crippen LogP contribution in [0.1, 0.15) is 43.7 Å². The summed E-state index contributed by atoms with van der Waals surface area (Å²) in [6.07, 6.45) is 3.87. The van der Waals surface area contributed by atoms with Crippen LogP contribution < -0.4 is 10.6 Å². The van der Waals surface area contributed by atoms with Gasteiger partial charge < -0.3 is 10.6 Å². The molecule has 0 spiro atoms. The Labute approximate surface area is 130 Å². The number of primary amides is 1. The lowest BCUT2D eigenvalue weighted by Gasteiger charge is -2.32. The van der Waals surface area contributed by atoms with Crippen molar-refractivity contribution < 1.29 is 4.79 Å². The molecule has 1 aromatic rings. The molecule has 0 radical (unpaired) electrons. The number of hydrogen-bond donors (Lipinski definition) is 1. The largest absolute Gasteiger partial charge is 0.368 e. The SMILES string of the molecule is CCCC(C(N)=O)N(CC1CC1)c1ccc(C#N)c(C#N)c1. The van der Waals surface area contributed by atoms with Crippen molar-refractivity contribution in [2.75, 3.05) is 11.4 Å². The van der Waals surface area contributed by atoms with Crippen LogP contribution in [0.25, 0.3) is 0 Å². The number of nitrogens with zero attached hydrogens (tertiary/aromatic N) is 3. The smallest absolute Gasteiger partial charge is 0.240 e. The molecule has 0 heterocycles. The minimum Gasteiger partial charge on any atom is -0.368 e. The number of nitriles is 2. The quantitative estimate of drug-likeness (QED) is 0.835. The highest BCUT2D eigenvalue weighted by Gasteiger charge is 2.30. The maximum atomic E-state index is 11.8. The molecule has 2 N–H and O–H groups in total. The summed E-state index contributed by atoms with van der Waals surface area (Å²) in [6, 6.07) is 8.81. The van der Waals surface area contributed by atoms with Crippen LogP contribution in [-0.4, -0.2) is 18.5 Å². The number of benzene rings is 1. The molecule has 1 unspecified atom stereocenters. The number of nitrogens with two attached hydrogens (primary N) is 1. The van der Waals surface area contributed by atoms with Crippen LogP contribution in [0.2, 0.25) is 0 Å². The molecule has 1 fully saturated rings. The van der Waals surface area contributed by atoms with E-state index in [0.717, 1.165) is 31.5 Å². The summed E-state index contributed by atoms with van der Waals surface area (Å²) in [5.74, 6) is 0.241. The van der Waals surface area contributed by atoms with Gasteiger partial charge in [0.15, 0.2) is 0 Å². The van der Waals surface area contributed by atoms with Gasteiger partial charge in [0, 0.05) is 12.2 Å². The van der Waals surface area contributed by atoms with Crippen molar-refractivity contribution in [3.8, 4) is 12.1 Å². The number of carbonyl (C=O) groups is 1. The van der Waals surface area contributed by atoms with Crippen LogP contribution >= 0.6 is 0 Å². The van der Waals surface area contributed by atoms with Crippen molar-refractivity contribution in [2.24, 2.45) is 11.7 Å². The fourth-order valence-electron chi connectivity index (χ4n) is 2.62. The van der Waals surface area contributed by atoms with E-state index < -0.39 is 0 Å². The first-order chi connectivity index (χ1) is 10.6. The maximum absolute atomic E-state index is 11.8. The van der Waals surface area contributed by atoms with Gasteiger partial charge in [-0.15, -0.1) is 0 Å². The second-order valence-corrected chi connectivity index (χ2v) is 5.76. The van der Waals surface area contributed by atoms with Crippen LogP contribution in [0.5, 0.6) is 0 Å². The van der Waals surface area contributed by atoms with Gasteiger partial charge >= 0.3 is 0 Å². The van der Waals surface area contributed by atoms with Gasteiger partial charge in [0.25, 0.3) is 0 Å². The summed E-state index contributed by atoms with van der Waals surface area (Å²) < 4.78 is 0. The van der Waals surface area contributed by atoms with E-state index in [4.69, 9.17) is 11.0 Å². The van der Waals surface area contributed by atoms with Crippen molar-refractivity contribution in [2.45, 2.75) is 38.6 Å². The van der Waals surface area contributed by atoms with Gasteiger partial charge in [0.2, 0.25) is 5.91 Å². The van der Waals surface area contributed by atoms with Crippen molar-refractivity contribution in [3.63, 3.8) is 0 Å². The van der Waals surface area contributed by atoms with E-state index in [2.05, 4.69) is 0 Å². The van der Waals surface area contributed by atoms with Crippen LogP contribution in [0.3, 0.4) is 0 Å². The molecule has 1 atom stereocenters. The molecular weight excluding hydrogens is 276 g/mol. The van der Waals surface area contributed by atoms with Crippen LogP contribution in [0, 0.1) is 28.6 Å². The van der Waals surface area contributed by atoms with E-state index in [1.165, 1.54) is 0 Å². The average molecular weight is 296 g/mol. The molecule has 0 aliphatic heterocycles. The Morgan fingerprint density at radius 1 is 1.36 bits per heavy atom. The molecule has 1 aliphatic rings. The predicted octanol–water partition coefficient (Wildman–Crippen LogP) is 2.30. The average Bonchev–Trinajstić information content (AvgIpc) is 3.33. The lowest BCUT2D eigenvalue weighted by atomic mass is 10.0. The number of hydrogen-bond acceptors (Lipinski definition) is 4. The Bertz CT molecular complexity index is 637. The van der Waals surface area contributed by atoms with Gasteiger partial charge in [-0.1, -0.05) is 13.3 Å². The lowest BCUT2D eigenvalue weighted by Crippen LogP contribution is -2.46. The minimum atomic E-state index is -0.370. The van der Waals surface area contributed by atoms with E-state index in [1.807, 2.05) is 24.0 Å². The molecule has 0 saturated heterocycles. The van der Waals surface area contributed by atoms with E-state index in [9.17, 15) is 10.1 Å². The highest BCUT2D eigenvalue weighted by molar-refractivity contribution is 5.84. The zero-order valence-electron chi connectivity index (χ0n) is 12.7. The molecule has 0 aromatic heterocycles. The first-order valence-corrected chi connectivity index (χ1v) is 7.60. The fraction of sp³-hybridized carbons (Fsp3) is 0.471. The topological polar surface area (TPSA) is 93.9 Å². The third-order valence-corrected chi connectivity index (χ3v) is 3.99. The summed E-state index contributed by atoms with van der Waals surface area (Å²) in [4.78, 5) is 13.9. The molecule has 5 heteroatoms. The van der Waals surface area contributed by atoms with Gasteiger partial charge in [0.05, 0.1) is 11.1 Å². The van der Waals surface area contributed by atoms with Crippen LogP contribution in [-0.2, 0) is 4.79 Å². The third-order valence-electron chi connectivity index (χ3n) is 3.99. The molecule has 22 heavy (non-hydrogen) atoms. The molecular formula is C17H20N4O. The first-order valence-electron chi connectivity index (χ1n) is 7.60. The number of anilines is 1. The Hall–Kier alpha value is -2.53. The summed E-state index contributed by atoms with van der Waals surface area (Å²) in [5.41, 5.74) is 7.06. The number of amides is 1. The van der Waals surface area contributed by atoms with Crippen molar-refractivity contribution in [1.29, 1.82) is 10.5 Å². The minimum absolute atomic E-state index is 0.334. The number of carbonyl (C=O) groups excluding carboxylic acids is 1. The standard InChI is InChI=1S/C17H20N4O/c1-2-3-16(17(20)22)21(11-12-4-5-12)15-7-6-13(9-18)14(8-15)10-19/h6-8,12,16H,2-5,11H2,1H3,(H2,20,22). The molecule has 1 saturated carbocycles. The Balaban J connectivity index is 2.38. The van der Waals surface area contributed by atoms with E-state index in [1.54, 1.807) is 18.2 Å². The fourth-order valence-corrected chi connectivity index (χ4v) is 2.62. The third kappa shape index (κ3) is 3.56. The Morgan fingerprint density at radius 2 is 2.05 bits per heavy atom. The van der Waals surface area contributed by atoms with Gasteiger partial charge in [0.1, 0.15) is 18.2 Å². The predicted molar refractivity (Wildman–Crippen MR) is 83.8 cm³/mol. The zero-order valence-corrected chi connectivity index (χ0v) is 12.7. The van der Waals surface area contributed by atoms with Crippen LogP contribution in [0.4, 0.5) is 5.69 Å². The lowest BCUT2D eigenvalue weighted by molar-refractivity contribution is -0.119. The van der Waals surface area contributed by atoms with E-state index >= 15 is 0 Å². The van der Waals surface area contributed by atoms with Crippen molar-refractivity contribution in [3.05, 3.63) is 29.3 Å². The first kappa shape index (κ1) is 15.9. The van der Waals surface area contributed by atoms with Gasteiger partial charge in [-0.05, 0) is 43.4 Å². The summed E-state index contributed by atoms with van der Waals surface area (Å²) in [6.45, 7) is 2.79. The Kier molecular flexibility index (Phi) is 5.01. The Morgan fingerprint density at radius 3 is 2.55 bits per heavy atom. The normalized spacial score (nSPS) is 14.7. The molecule has 1 aliphatic carbocycles. The summed E-state index contributed by atoms with van der Waals surface area (Å²) in [5, 5.41) is 18.2. The van der Waals surface area contributed by atoms with Crippen molar-refractivity contribution in [1.82, 2.24) is 0 Å². The molecule has 114 valence electrons. The van der Waals surface area contributed by atoms with Gasteiger partial charge in [-0.3, -0.25) is 4.79 Å². The summed E-state index contributed by atoms with van der Waals surface area (Å²) in [7, 11) is 0. The monoisotopic (exact) mass is 296 g/mol. The van der Waals surface area contributed by atoms with Crippen LogP contribution in [0.15, 0.2) is 18.2 Å². The van der Waals surface area contributed by atoms with Gasteiger partial charge in [-0.25, -0.2) is 0 Å². The molecule has 1 aromatic carbocycles.